The molecule has 1 amide bonds. The van der Waals surface area contributed by atoms with Gasteiger partial charge in [-0.05, 0) is 55.7 Å². The number of aromatic nitrogens is 1. The van der Waals surface area contributed by atoms with Crippen molar-refractivity contribution in [2.24, 2.45) is 17.6 Å². The van der Waals surface area contributed by atoms with E-state index in [0.29, 0.717) is 24.3 Å². The molecule has 2 heterocycles. The highest BCUT2D eigenvalue weighted by molar-refractivity contribution is 5.85. The molecule has 0 radical (unpaired) electrons. The normalized spacial score (nSPS) is 26.9. The third-order valence-electron chi connectivity index (χ3n) is 5.80. The fraction of sp³-hybridized carbons (Fsp3) is 0.526. The van der Waals surface area contributed by atoms with Gasteiger partial charge in [-0.25, -0.2) is 0 Å². The summed E-state index contributed by atoms with van der Waals surface area (Å²) in [6.07, 6.45) is 5.77. The third-order valence-corrected chi connectivity index (χ3v) is 5.80. The van der Waals surface area contributed by atoms with Crippen LogP contribution >= 0.6 is 0 Å². The van der Waals surface area contributed by atoms with Crippen molar-refractivity contribution >= 4 is 16.8 Å². The van der Waals surface area contributed by atoms with Crippen molar-refractivity contribution in [2.75, 3.05) is 13.1 Å². The first kappa shape index (κ1) is 14.8. The van der Waals surface area contributed by atoms with Gasteiger partial charge in [0.1, 0.15) is 0 Å². The Morgan fingerprint density at radius 2 is 2.22 bits per heavy atom. The Balaban J connectivity index is 1.41. The van der Waals surface area contributed by atoms with E-state index in [0.717, 1.165) is 31.4 Å². The zero-order chi connectivity index (χ0) is 16.0. The molecule has 3 unspecified atom stereocenters. The minimum Gasteiger partial charge on any atom is -0.361 e. The van der Waals surface area contributed by atoms with Crippen molar-refractivity contribution in [3.63, 3.8) is 0 Å². The molecule has 1 aliphatic heterocycles. The fourth-order valence-corrected chi connectivity index (χ4v) is 4.41. The summed E-state index contributed by atoms with van der Waals surface area (Å²) in [5.74, 6) is 1.47. The minimum absolute atomic E-state index is 0.286. The smallest absolute Gasteiger partial charge is 0.222 e. The quantitative estimate of drug-likeness (QED) is 0.915. The lowest BCUT2D eigenvalue weighted by atomic mass is 9.98. The Hall–Kier alpha value is -1.81. The van der Waals surface area contributed by atoms with Crippen LogP contribution in [-0.4, -0.2) is 34.9 Å². The van der Waals surface area contributed by atoms with E-state index in [1.54, 1.807) is 0 Å². The van der Waals surface area contributed by atoms with Crippen molar-refractivity contribution in [1.82, 2.24) is 9.88 Å². The van der Waals surface area contributed by atoms with Gasteiger partial charge in [0.05, 0.1) is 0 Å². The topological polar surface area (TPSA) is 62.1 Å². The summed E-state index contributed by atoms with van der Waals surface area (Å²) >= 11 is 0. The Morgan fingerprint density at radius 3 is 3.04 bits per heavy atom. The van der Waals surface area contributed by atoms with Crippen LogP contribution in [0.15, 0.2) is 24.4 Å². The number of carbonyl (C=O) groups is 1. The van der Waals surface area contributed by atoms with Crippen LogP contribution in [0.5, 0.6) is 0 Å². The molecule has 4 rings (SSSR count). The van der Waals surface area contributed by atoms with E-state index < -0.39 is 0 Å². The summed E-state index contributed by atoms with van der Waals surface area (Å²) < 4.78 is 0. The van der Waals surface area contributed by atoms with Gasteiger partial charge in [0.2, 0.25) is 5.91 Å². The largest absolute Gasteiger partial charge is 0.361 e. The SMILES string of the molecule is Cc1ccc2[nH]cc(CCC(=O)N3CC4CCC(N)C4C3)c2c1. The first-order valence-electron chi connectivity index (χ1n) is 8.72. The summed E-state index contributed by atoms with van der Waals surface area (Å²) in [7, 11) is 0. The fourth-order valence-electron chi connectivity index (χ4n) is 4.41. The van der Waals surface area contributed by atoms with E-state index in [1.807, 2.05) is 6.20 Å². The maximum Gasteiger partial charge on any atom is 0.222 e. The third kappa shape index (κ3) is 2.65. The van der Waals surface area contributed by atoms with Crippen LogP contribution in [0.25, 0.3) is 10.9 Å². The van der Waals surface area contributed by atoms with Gasteiger partial charge in [-0.2, -0.15) is 0 Å². The number of likely N-dealkylation sites (tertiary alicyclic amines) is 1. The molecule has 0 bridgehead atoms. The Kier molecular flexibility index (Phi) is 3.64. The lowest BCUT2D eigenvalue weighted by Gasteiger charge is -2.18. The molecule has 1 aromatic heterocycles. The Morgan fingerprint density at radius 1 is 1.35 bits per heavy atom. The van der Waals surface area contributed by atoms with Gasteiger partial charge in [0.25, 0.3) is 0 Å². The second kappa shape index (κ2) is 5.68. The summed E-state index contributed by atoms with van der Waals surface area (Å²) in [4.78, 5) is 17.9. The van der Waals surface area contributed by atoms with Crippen molar-refractivity contribution in [3.05, 3.63) is 35.5 Å². The van der Waals surface area contributed by atoms with Gasteiger partial charge in [-0.3, -0.25) is 4.79 Å². The molecule has 4 nitrogen and oxygen atoms in total. The molecule has 2 aromatic rings. The number of nitrogens with two attached hydrogens (primary N) is 1. The number of aromatic amines is 1. The number of nitrogens with zero attached hydrogens (tertiary/aromatic N) is 1. The van der Waals surface area contributed by atoms with Crippen molar-refractivity contribution < 1.29 is 4.79 Å². The molecule has 23 heavy (non-hydrogen) atoms. The van der Waals surface area contributed by atoms with Crippen LogP contribution in [0, 0.1) is 18.8 Å². The lowest BCUT2D eigenvalue weighted by molar-refractivity contribution is -0.130. The molecule has 3 N–H and O–H groups in total. The number of benzene rings is 1. The maximum atomic E-state index is 12.6. The summed E-state index contributed by atoms with van der Waals surface area (Å²) in [5, 5.41) is 1.25. The highest BCUT2D eigenvalue weighted by atomic mass is 16.2. The van der Waals surface area contributed by atoms with Gasteiger partial charge in [-0.15, -0.1) is 0 Å². The Bertz CT molecular complexity index is 735. The highest BCUT2D eigenvalue weighted by Crippen LogP contribution is 2.37. The standard InChI is InChI=1S/C19H25N3O/c1-12-2-6-18-15(8-12)13(9-21-18)4-7-19(23)22-10-14-3-5-17(20)16(14)11-22/h2,6,8-9,14,16-17,21H,3-5,7,10-11,20H2,1H3. The summed E-state index contributed by atoms with van der Waals surface area (Å²) in [6.45, 7) is 3.90. The average Bonchev–Trinajstić information content (AvgIpc) is 3.21. The number of aryl methyl sites for hydroxylation is 2. The second-order valence-corrected chi connectivity index (χ2v) is 7.33. The van der Waals surface area contributed by atoms with E-state index in [4.69, 9.17) is 5.73 Å². The number of hydrogen-bond donors (Lipinski definition) is 2. The summed E-state index contributed by atoms with van der Waals surface area (Å²) in [5.41, 5.74) is 9.82. The monoisotopic (exact) mass is 311 g/mol. The van der Waals surface area contributed by atoms with Crippen molar-refractivity contribution in [2.45, 2.75) is 38.6 Å². The number of nitrogens with one attached hydrogen (secondary N) is 1. The molecule has 0 spiro atoms. The predicted molar refractivity (Wildman–Crippen MR) is 92.1 cm³/mol. The first-order valence-corrected chi connectivity index (χ1v) is 8.72. The lowest BCUT2D eigenvalue weighted by Crippen LogP contribution is -2.33. The molecule has 1 saturated carbocycles. The molecule has 1 aromatic carbocycles. The van der Waals surface area contributed by atoms with Gasteiger partial charge in [-0.1, -0.05) is 11.6 Å². The molecule has 1 saturated heterocycles. The number of rotatable bonds is 3. The number of carbonyl (C=O) groups excluding carboxylic acids is 1. The van der Waals surface area contributed by atoms with E-state index in [1.165, 1.54) is 22.9 Å². The molecule has 2 fully saturated rings. The van der Waals surface area contributed by atoms with E-state index in [9.17, 15) is 4.79 Å². The van der Waals surface area contributed by atoms with Gasteiger partial charge >= 0.3 is 0 Å². The molecular weight excluding hydrogens is 286 g/mol. The zero-order valence-corrected chi connectivity index (χ0v) is 13.7. The predicted octanol–water partition coefficient (Wildman–Crippen LogP) is 2.60. The molecule has 122 valence electrons. The van der Waals surface area contributed by atoms with Crippen LogP contribution in [0.2, 0.25) is 0 Å². The van der Waals surface area contributed by atoms with Crippen LogP contribution in [0.3, 0.4) is 0 Å². The molecule has 4 heteroatoms. The van der Waals surface area contributed by atoms with Crippen LogP contribution < -0.4 is 5.73 Å². The summed E-state index contributed by atoms with van der Waals surface area (Å²) in [6, 6.07) is 6.72. The Labute approximate surface area is 137 Å². The van der Waals surface area contributed by atoms with Gasteiger partial charge < -0.3 is 15.6 Å². The van der Waals surface area contributed by atoms with E-state index >= 15 is 0 Å². The van der Waals surface area contributed by atoms with Gasteiger partial charge in [0.15, 0.2) is 0 Å². The first-order chi connectivity index (χ1) is 11.1. The molecular formula is C19H25N3O. The van der Waals surface area contributed by atoms with Crippen LogP contribution in [0.1, 0.15) is 30.4 Å². The molecule has 3 atom stereocenters. The minimum atomic E-state index is 0.286. The number of amides is 1. The van der Waals surface area contributed by atoms with Crippen molar-refractivity contribution in [1.29, 1.82) is 0 Å². The number of fused-ring (bicyclic) bond motifs is 2. The number of H-pyrrole nitrogens is 1. The molecule has 2 aliphatic rings. The van der Waals surface area contributed by atoms with E-state index in [-0.39, 0.29) is 5.91 Å². The van der Waals surface area contributed by atoms with Crippen molar-refractivity contribution in [3.8, 4) is 0 Å². The number of hydrogen-bond acceptors (Lipinski definition) is 2. The van der Waals surface area contributed by atoms with E-state index in [2.05, 4.69) is 35.0 Å². The average molecular weight is 311 g/mol. The highest BCUT2D eigenvalue weighted by Gasteiger charge is 2.42. The molecule has 1 aliphatic carbocycles. The van der Waals surface area contributed by atoms with Crippen LogP contribution in [0.4, 0.5) is 0 Å². The van der Waals surface area contributed by atoms with Crippen LogP contribution in [-0.2, 0) is 11.2 Å². The van der Waals surface area contributed by atoms with Gasteiger partial charge in [0, 0.05) is 42.7 Å². The zero-order valence-electron chi connectivity index (χ0n) is 13.7. The maximum absolute atomic E-state index is 12.6. The second-order valence-electron chi connectivity index (χ2n) is 7.33.